The summed E-state index contributed by atoms with van der Waals surface area (Å²) in [7, 11) is 0. The molecule has 5 heteroatoms. The molecular formula is C21H37N3O2. The standard InChI is InChI=1S/C21H37N3O2/c1-16(13-17-7-3-2-4-8-17)21(26)24-12-6-9-18(15-24)14-23-20(25)19-10-5-11-22-19/h16-19,22H,2-15H2,1H3,(H,23,25). The first-order valence-corrected chi connectivity index (χ1v) is 10.9. The molecule has 0 spiro atoms. The summed E-state index contributed by atoms with van der Waals surface area (Å²) in [5.41, 5.74) is 0. The molecule has 0 bridgehead atoms. The average molecular weight is 364 g/mol. The first-order valence-electron chi connectivity index (χ1n) is 10.9. The smallest absolute Gasteiger partial charge is 0.237 e. The van der Waals surface area contributed by atoms with E-state index < -0.39 is 0 Å². The molecule has 26 heavy (non-hydrogen) atoms. The van der Waals surface area contributed by atoms with E-state index in [1.54, 1.807) is 0 Å². The molecule has 1 aliphatic carbocycles. The van der Waals surface area contributed by atoms with Crippen molar-refractivity contribution >= 4 is 11.8 Å². The summed E-state index contributed by atoms with van der Waals surface area (Å²) in [5.74, 6) is 1.77. The van der Waals surface area contributed by atoms with Gasteiger partial charge in [0.15, 0.2) is 0 Å². The van der Waals surface area contributed by atoms with Gasteiger partial charge in [-0.05, 0) is 50.5 Å². The van der Waals surface area contributed by atoms with Gasteiger partial charge >= 0.3 is 0 Å². The Morgan fingerprint density at radius 1 is 1.04 bits per heavy atom. The van der Waals surface area contributed by atoms with E-state index in [-0.39, 0.29) is 17.9 Å². The van der Waals surface area contributed by atoms with Gasteiger partial charge in [-0.3, -0.25) is 9.59 Å². The molecule has 2 saturated heterocycles. The van der Waals surface area contributed by atoms with Gasteiger partial charge in [0.05, 0.1) is 6.04 Å². The number of carbonyl (C=O) groups excluding carboxylic acids is 2. The van der Waals surface area contributed by atoms with Crippen LogP contribution in [-0.2, 0) is 9.59 Å². The van der Waals surface area contributed by atoms with Gasteiger partial charge in [-0.1, -0.05) is 39.0 Å². The third-order valence-corrected chi connectivity index (χ3v) is 6.61. The van der Waals surface area contributed by atoms with E-state index >= 15 is 0 Å². The summed E-state index contributed by atoms with van der Waals surface area (Å²) in [5, 5.41) is 6.36. The van der Waals surface area contributed by atoms with Crippen molar-refractivity contribution in [2.45, 2.75) is 77.2 Å². The molecule has 2 aliphatic heterocycles. The van der Waals surface area contributed by atoms with Crippen LogP contribution in [0.25, 0.3) is 0 Å². The van der Waals surface area contributed by atoms with E-state index in [2.05, 4.69) is 22.5 Å². The Bertz CT molecular complexity index is 470. The molecule has 0 aromatic heterocycles. The maximum absolute atomic E-state index is 12.9. The SMILES string of the molecule is CC(CC1CCCCC1)C(=O)N1CCCC(CNC(=O)C2CCCN2)C1. The zero-order valence-electron chi connectivity index (χ0n) is 16.5. The molecule has 3 atom stereocenters. The number of nitrogens with one attached hydrogen (secondary N) is 2. The molecule has 0 aromatic carbocycles. The zero-order valence-corrected chi connectivity index (χ0v) is 16.5. The topological polar surface area (TPSA) is 61.4 Å². The van der Waals surface area contributed by atoms with Crippen LogP contribution < -0.4 is 10.6 Å². The number of piperidine rings is 1. The highest BCUT2D eigenvalue weighted by molar-refractivity contribution is 5.82. The van der Waals surface area contributed by atoms with Gasteiger partial charge in [0.1, 0.15) is 0 Å². The quantitative estimate of drug-likeness (QED) is 0.763. The molecule has 3 rings (SSSR count). The lowest BCUT2D eigenvalue weighted by Crippen LogP contribution is -2.47. The Kier molecular flexibility index (Phi) is 7.35. The monoisotopic (exact) mass is 363 g/mol. The van der Waals surface area contributed by atoms with E-state index in [1.165, 1.54) is 32.1 Å². The number of hydrogen-bond donors (Lipinski definition) is 2. The lowest BCUT2D eigenvalue weighted by atomic mass is 9.82. The lowest BCUT2D eigenvalue weighted by molar-refractivity contribution is -0.137. The molecule has 148 valence electrons. The predicted octanol–water partition coefficient (Wildman–Crippen LogP) is 2.70. The summed E-state index contributed by atoms with van der Waals surface area (Å²) >= 11 is 0. The number of rotatable bonds is 6. The number of carbonyl (C=O) groups is 2. The van der Waals surface area contributed by atoms with Crippen LogP contribution in [0.2, 0.25) is 0 Å². The van der Waals surface area contributed by atoms with Crippen LogP contribution in [0.15, 0.2) is 0 Å². The van der Waals surface area contributed by atoms with E-state index in [0.717, 1.165) is 57.7 Å². The van der Waals surface area contributed by atoms with Crippen LogP contribution >= 0.6 is 0 Å². The highest BCUT2D eigenvalue weighted by Crippen LogP contribution is 2.30. The molecule has 0 aromatic rings. The highest BCUT2D eigenvalue weighted by Gasteiger charge is 2.29. The van der Waals surface area contributed by atoms with Gasteiger partial charge < -0.3 is 15.5 Å². The first kappa shape index (κ1) is 19.7. The Morgan fingerprint density at radius 3 is 2.54 bits per heavy atom. The Balaban J connectivity index is 1.41. The second-order valence-electron chi connectivity index (χ2n) is 8.83. The van der Waals surface area contributed by atoms with Crippen molar-refractivity contribution in [3.05, 3.63) is 0 Å². The van der Waals surface area contributed by atoms with Crippen LogP contribution in [0.4, 0.5) is 0 Å². The number of nitrogens with zero attached hydrogens (tertiary/aromatic N) is 1. The van der Waals surface area contributed by atoms with Crippen molar-refractivity contribution in [2.24, 2.45) is 17.8 Å². The average Bonchev–Trinajstić information content (AvgIpc) is 3.21. The minimum atomic E-state index is -0.00755. The maximum Gasteiger partial charge on any atom is 0.237 e. The second-order valence-corrected chi connectivity index (χ2v) is 8.83. The van der Waals surface area contributed by atoms with Gasteiger partial charge in [-0.25, -0.2) is 0 Å². The van der Waals surface area contributed by atoms with E-state index in [1.807, 2.05) is 0 Å². The van der Waals surface area contributed by atoms with E-state index in [0.29, 0.717) is 18.4 Å². The van der Waals surface area contributed by atoms with Crippen molar-refractivity contribution in [1.82, 2.24) is 15.5 Å². The second kappa shape index (κ2) is 9.72. The van der Waals surface area contributed by atoms with Gasteiger partial charge in [0.25, 0.3) is 0 Å². The van der Waals surface area contributed by atoms with E-state index in [9.17, 15) is 9.59 Å². The Hall–Kier alpha value is -1.10. The normalized spacial score (nSPS) is 28.7. The molecule has 2 heterocycles. The van der Waals surface area contributed by atoms with Gasteiger partial charge in [-0.15, -0.1) is 0 Å². The molecule has 2 N–H and O–H groups in total. The Morgan fingerprint density at radius 2 is 1.81 bits per heavy atom. The summed E-state index contributed by atoms with van der Waals surface area (Å²) < 4.78 is 0. The summed E-state index contributed by atoms with van der Waals surface area (Å²) in [6.07, 6.45) is 11.9. The lowest BCUT2D eigenvalue weighted by Gasteiger charge is -2.35. The molecule has 3 unspecified atom stereocenters. The van der Waals surface area contributed by atoms with Gasteiger partial charge in [0.2, 0.25) is 11.8 Å². The molecule has 3 fully saturated rings. The van der Waals surface area contributed by atoms with Crippen LogP contribution in [-0.4, -0.2) is 48.9 Å². The van der Waals surface area contributed by atoms with Crippen LogP contribution in [0, 0.1) is 17.8 Å². The van der Waals surface area contributed by atoms with Crippen molar-refractivity contribution in [1.29, 1.82) is 0 Å². The highest BCUT2D eigenvalue weighted by atomic mass is 16.2. The van der Waals surface area contributed by atoms with Crippen molar-refractivity contribution in [3.8, 4) is 0 Å². The summed E-state index contributed by atoms with van der Waals surface area (Å²) in [6.45, 7) is 5.48. The predicted molar refractivity (Wildman–Crippen MR) is 104 cm³/mol. The molecule has 1 saturated carbocycles. The fourth-order valence-corrected chi connectivity index (χ4v) is 5.04. The molecule has 3 aliphatic rings. The fraction of sp³-hybridized carbons (Fsp3) is 0.905. The van der Waals surface area contributed by atoms with Crippen LogP contribution in [0.5, 0.6) is 0 Å². The first-order chi connectivity index (χ1) is 12.6. The molecular weight excluding hydrogens is 326 g/mol. The zero-order chi connectivity index (χ0) is 18.4. The number of amides is 2. The van der Waals surface area contributed by atoms with Gasteiger partial charge in [0, 0.05) is 25.6 Å². The minimum Gasteiger partial charge on any atom is -0.354 e. The molecule has 5 nitrogen and oxygen atoms in total. The largest absolute Gasteiger partial charge is 0.354 e. The minimum absolute atomic E-state index is 0.00755. The number of hydrogen-bond acceptors (Lipinski definition) is 3. The fourth-order valence-electron chi connectivity index (χ4n) is 5.04. The van der Waals surface area contributed by atoms with Crippen LogP contribution in [0.1, 0.15) is 71.1 Å². The Labute approximate surface area is 158 Å². The summed E-state index contributed by atoms with van der Waals surface area (Å²) in [4.78, 5) is 27.1. The van der Waals surface area contributed by atoms with Crippen molar-refractivity contribution in [3.63, 3.8) is 0 Å². The van der Waals surface area contributed by atoms with Gasteiger partial charge in [-0.2, -0.15) is 0 Å². The van der Waals surface area contributed by atoms with Crippen molar-refractivity contribution in [2.75, 3.05) is 26.2 Å². The third kappa shape index (κ3) is 5.45. The number of likely N-dealkylation sites (tertiary alicyclic amines) is 1. The molecule has 2 amide bonds. The van der Waals surface area contributed by atoms with E-state index in [4.69, 9.17) is 0 Å². The maximum atomic E-state index is 12.9. The summed E-state index contributed by atoms with van der Waals surface area (Å²) in [6, 6.07) is -0.00755. The molecule has 0 radical (unpaired) electrons. The third-order valence-electron chi connectivity index (χ3n) is 6.61. The van der Waals surface area contributed by atoms with Crippen molar-refractivity contribution < 1.29 is 9.59 Å². The van der Waals surface area contributed by atoms with Crippen LogP contribution in [0.3, 0.4) is 0 Å².